The molecule has 0 fully saturated rings. The molecule has 0 aliphatic carbocycles. The smallest absolute Gasteiger partial charge is 0.260 e. The van der Waals surface area contributed by atoms with E-state index in [9.17, 15) is 8.42 Å². The lowest BCUT2D eigenvalue weighted by Crippen LogP contribution is -2.30. The van der Waals surface area contributed by atoms with Crippen molar-refractivity contribution in [2.75, 3.05) is 6.54 Å². The minimum Gasteiger partial charge on any atom is -0.335 e. The van der Waals surface area contributed by atoms with Crippen LogP contribution >= 0.6 is 22.9 Å². The monoisotopic (exact) mass is 317 g/mol. The number of H-pyrrole nitrogens is 1. The Morgan fingerprint density at radius 2 is 2.32 bits per heavy atom. The highest BCUT2D eigenvalue weighted by molar-refractivity contribution is 7.89. The third kappa shape index (κ3) is 3.24. The van der Waals surface area contributed by atoms with E-state index in [1.807, 2.05) is 6.07 Å². The van der Waals surface area contributed by atoms with Crippen molar-refractivity contribution in [2.24, 2.45) is 0 Å². The van der Waals surface area contributed by atoms with E-state index in [4.69, 9.17) is 11.6 Å². The Bertz CT molecular complexity index is 649. The molecule has 0 aliphatic heterocycles. The Labute approximate surface area is 120 Å². The molecular weight excluding hydrogens is 306 g/mol. The minimum absolute atomic E-state index is 0.0667. The van der Waals surface area contributed by atoms with Crippen molar-refractivity contribution < 1.29 is 8.42 Å². The summed E-state index contributed by atoms with van der Waals surface area (Å²) < 4.78 is 26.7. The molecule has 0 amide bonds. The summed E-state index contributed by atoms with van der Waals surface area (Å²) in [5.41, 5.74) is 0. The van der Waals surface area contributed by atoms with E-state index in [1.54, 1.807) is 12.1 Å². The number of halogens is 1. The summed E-state index contributed by atoms with van der Waals surface area (Å²) in [6.45, 7) is 4.06. The standard InChI is InChI=1S/C11H12ClN3O2S2/c1-2-5-15(7-9-3-4-10(12)18-9)19(16,17)11-6-13-8-14-11/h2-4,6,8H,1,5,7H2,(H,13,14). The molecule has 0 unspecified atom stereocenters. The number of thiophene rings is 1. The predicted octanol–water partition coefficient (Wildman–Crippen LogP) is 2.50. The maximum absolute atomic E-state index is 12.4. The Hall–Kier alpha value is -1.15. The van der Waals surface area contributed by atoms with Crippen molar-refractivity contribution in [2.45, 2.75) is 11.6 Å². The van der Waals surface area contributed by atoms with Gasteiger partial charge in [0.15, 0.2) is 5.03 Å². The van der Waals surface area contributed by atoms with Crippen molar-refractivity contribution in [1.82, 2.24) is 14.3 Å². The molecule has 1 N–H and O–H groups in total. The zero-order valence-electron chi connectivity index (χ0n) is 9.91. The Morgan fingerprint density at radius 3 is 2.84 bits per heavy atom. The number of nitrogens with one attached hydrogen (secondary N) is 1. The molecule has 2 heterocycles. The highest BCUT2D eigenvalue weighted by Crippen LogP contribution is 2.24. The number of aromatic nitrogens is 2. The number of rotatable bonds is 6. The van der Waals surface area contributed by atoms with Crippen LogP contribution < -0.4 is 0 Å². The summed E-state index contributed by atoms with van der Waals surface area (Å²) in [6, 6.07) is 3.56. The normalized spacial score (nSPS) is 11.9. The van der Waals surface area contributed by atoms with Crippen molar-refractivity contribution in [3.05, 3.63) is 46.5 Å². The van der Waals surface area contributed by atoms with Gasteiger partial charge in [0.2, 0.25) is 0 Å². The SMILES string of the molecule is C=CCN(Cc1ccc(Cl)s1)S(=O)(=O)c1cnc[nH]1. The van der Waals surface area contributed by atoms with Crippen LogP contribution in [0.3, 0.4) is 0 Å². The van der Waals surface area contributed by atoms with Crippen LogP contribution in [-0.2, 0) is 16.6 Å². The first-order valence-corrected chi connectivity index (χ1v) is 8.01. The van der Waals surface area contributed by atoms with E-state index in [1.165, 1.54) is 28.2 Å². The Morgan fingerprint density at radius 1 is 1.53 bits per heavy atom. The zero-order chi connectivity index (χ0) is 13.9. The van der Waals surface area contributed by atoms with Gasteiger partial charge >= 0.3 is 0 Å². The number of imidazole rings is 1. The van der Waals surface area contributed by atoms with Crippen molar-refractivity contribution in [3.8, 4) is 0 Å². The van der Waals surface area contributed by atoms with Gasteiger partial charge < -0.3 is 4.98 Å². The second kappa shape index (κ2) is 5.87. The maximum Gasteiger partial charge on any atom is 0.260 e. The quantitative estimate of drug-likeness (QED) is 0.832. The molecule has 0 saturated heterocycles. The molecule has 0 bridgehead atoms. The lowest BCUT2D eigenvalue weighted by molar-refractivity contribution is 0.439. The summed E-state index contributed by atoms with van der Waals surface area (Å²) in [5.74, 6) is 0. The molecule has 0 saturated carbocycles. The molecular formula is C11H12ClN3O2S2. The van der Waals surface area contributed by atoms with E-state index in [0.717, 1.165) is 4.88 Å². The van der Waals surface area contributed by atoms with E-state index in [2.05, 4.69) is 16.5 Å². The van der Waals surface area contributed by atoms with E-state index >= 15 is 0 Å². The Balaban J connectivity index is 2.27. The van der Waals surface area contributed by atoms with Crippen LogP contribution in [0.1, 0.15) is 4.88 Å². The van der Waals surface area contributed by atoms with Gasteiger partial charge in [0.05, 0.1) is 16.9 Å². The molecule has 0 aliphatic rings. The van der Waals surface area contributed by atoms with Gasteiger partial charge in [-0.2, -0.15) is 4.31 Å². The molecule has 102 valence electrons. The highest BCUT2D eigenvalue weighted by Gasteiger charge is 2.25. The molecule has 2 aromatic heterocycles. The molecule has 0 aromatic carbocycles. The second-order valence-corrected chi connectivity index (χ2v) is 7.41. The van der Waals surface area contributed by atoms with Gasteiger partial charge in [0.1, 0.15) is 0 Å². The van der Waals surface area contributed by atoms with Gasteiger partial charge in [-0.25, -0.2) is 13.4 Å². The lowest BCUT2D eigenvalue weighted by Gasteiger charge is -2.18. The molecule has 2 aromatic rings. The molecule has 0 atom stereocenters. The van der Waals surface area contributed by atoms with Crippen LogP contribution in [0.5, 0.6) is 0 Å². The first-order chi connectivity index (χ1) is 9.04. The molecule has 8 heteroatoms. The predicted molar refractivity (Wildman–Crippen MR) is 75.7 cm³/mol. The molecule has 2 rings (SSSR count). The van der Waals surface area contributed by atoms with Gasteiger partial charge in [0, 0.05) is 18.0 Å². The first kappa shape index (κ1) is 14.3. The average Bonchev–Trinajstić information content (AvgIpc) is 3.00. The van der Waals surface area contributed by atoms with Gasteiger partial charge in [-0.15, -0.1) is 17.9 Å². The van der Waals surface area contributed by atoms with Gasteiger partial charge in [-0.1, -0.05) is 17.7 Å². The minimum atomic E-state index is -3.60. The topological polar surface area (TPSA) is 66.1 Å². The van der Waals surface area contributed by atoms with Gasteiger partial charge in [0.25, 0.3) is 10.0 Å². The van der Waals surface area contributed by atoms with Gasteiger partial charge in [-0.3, -0.25) is 0 Å². The third-order valence-corrected chi connectivity index (χ3v) is 5.34. The molecule has 19 heavy (non-hydrogen) atoms. The fourth-order valence-corrected chi connectivity index (χ4v) is 4.00. The van der Waals surface area contributed by atoms with E-state index in [0.29, 0.717) is 4.34 Å². The molecule has 0 radical (unpaired) electrons. The largest absolute Gasteiger partial charge is 0.335 e. The summed E-state index contributed by atoms with van der Waals surface area (Å²) in [6.07, 6.45) is 4.16. The van der Waals surface area contributed by atoms with Crippen LogP contribution in [0.25, 0.3) is 0 Å². The van der Waals surface area contributed by atoms with Crippen LogP contribution in [0.2, 0.25) is 4.34 Å². The summed E-state index contributed by atoms with van der Waals surface area (Å²) in [4.78, 5) is 7.22. The first-order valence-electron chi connectivity index (χ1n) is 5.37. The summed E-state index contributed by atoms with van der Waals surface area (Å²) >= 11 is 7.20. The molecule has 5 nitrogen and oxygen atoms in total. The second-order valence-electron chi connectivity index (χ2n) is 3.71. The van der Waals surface area contributed by atoms with Crippen LogP contribution in [0.4, 0.5) is 0 Å². The number of hydrogen-bond acceptors (Lipinski definition) is 4. The number of nitrogens with zero attached hydrogens (tertiary/aromatic N) is 2. The third-order valence-electron chi connectivity index (χ3n) is 2.38. The van der Waals surface area contributed by atoms with E-state index < -0.39 is 10.0 Å². The zero-order valence-corrected chi connectivity index (χ0v) is 12.3. The Kier molecular flexibility index (Phi) is 4.41. The number of aromatic amines is 1. The highest BCUT2D eigenvalue weighted by atomic mass is 35.5. The number of hydrogen-bond donors (Lipinski definition) is 1. The van der Waals surface area contributed by atoms with Crippen LogP contribution in [-0.4, -0.2) is 29.2 Å². The van der Waals surface area contributed by atoms with Crippen molar-refractivity contribution >= 4 is 33.0 Å². The van der Waals surface area contributed by atoms with Crippen LogP contribution in [0.15, 0.2) is 42.3 Å². The summed E-state index contributed by atoms with van der Waals surface area (Å²) in [5, 5.41) is 0.0667. The van der Waals surface area contributed by atoms with Crippen molar-refractivity contribution in [1.29, 1.82) is 0 Å². The number of sulfonamides is 1. The average molecular weight is 318 g/mol. The fourth-order valence-electron chi connectivity index (χ4n) is 1.53. The van der Waals surface area contributed by atoms with Crippen LogP contribution in [0, 0.1) is 0 Å². The lowest BCUT2D eigenvalue weighted by atomic mass is 10.4. The van der Waals surface area contributed by atoms with E-state index in [-0.39, 0.29) is 18.1 Å². The van der Waals surface area contributed by atoms with Crippen molar-refractivity contribution in [3.63, 3.8) is 0 Å². The van der Waals surface area contributed by atoms with Gasteiger partial charge in [-0.05, 0) is 12.1 Å². The maximum atomic E-state index is 12.4. The summed E-state index contributed by atoms with van der Waals surface area (Å²) in [7, 11) is -3.60. The molecule has 0 spiro atoms. The fraction of sp³-hybridized carbons (Fsp3) is 0.182.